The summed E-state index contributed by atoms with van der Waals surface area (Å²) in [5, 5.41) is 10.0. The SMILES string of the molecule is O=S1c2c(nc(N3CCC(c4ccc(Cl)cc4)C(F)C3)nc2NC2(CO)CCC2)CC1(F)F. The van der Waals surface area contributed by atoms with E-state index >= 15 is 4.39 Å². The Labute approximate surface area is 197 Å². The van der Waals surface area contributed by atoms with Crippen molar-refractivity contribution in [1.82, 2.24) is 9.97 Å². The van der Waals surface area contributed by atoms with E-state index in [9.17, 15) is 18.1 Å². The van der Waals surface area contributed by atoms with E-state index in [1.54, 1.807) is 17.0 Å². The molecule has 2 fully saturated rings. The Morgan fingerprint density at radius 3 is 2.58 bits per heavy atom. The summed E-state index contributed by atoms with van der Waals surface area (Å²) in [5.74, 6) is -0.125. The lowest BCUT2D eigenvalue weighted by molar-refractivity contribution is 0.104. The molecule has 6 nitrogen and oxygen atoms in total. The molecule has 3 unspecified atom stereocenters. The number of alkyl halides is 3. The van der Waals surface area contributed by atoms with E-state index in [2.05, 4.69) is 15.3 Å². The summed E-state index contributed by atoms with van der Waals surface area (Å²) in [5.41, 5.74) is 0.188. The highest BCUT2D eigenvalue weighted by Crippen LogP contribution is 2.44. The fraction of sp³-hybridized carbons (Fsp3) is 0.545. The minimum atomic E-state index is -3.44. The third kappa shape index (κ3) is 4.10. The van der Waals surface area contributed by atoms with Crippen LogP contribution in [0.5, 0.6) is 0 Å². The largest absolute Gasteiger partial charge is 0.394 e. The molecule has 2 aliphatic heterocycles. The number of nitrogens with zero attached hydrogens (tertiary/aromatic N) is 3. The van der Waals surface area contributed by atoms with Gasteiger partial charge in [-0.1, -0.05) is 23.7 Å². The van der Waals surface area contributed by atoms with Gasteiger partial charge in [-0.3, -0.25) is 0 Å². The third-order valence-corrected chi connectivity index (χ3v) is 8.61. The molecule has 2 aromatic rings. The molecule has 0 amide bonds. The molecule has 3 aliphatic rings. The zero-order valence-corrected chi connectivity index (χ0v) is 19.3. The van der Waals surface area contributed by atoms with Gasteiger partial charge in [-0.05, 0) is 43.4 Å². The van der Waals surface area contributed by atoms with Gasteiger partial charge < -0.3 is 15.3 Å². The van der Waals surface area contributed by atoms with Gasteiger partial charge in [0.2, 0.25) is 5.95 Å². The number of aliphatic hydroxyl groups is 1. The minimum Gasteiger partial charge on any atom is -0.394 e. The predicted octanol–water partition coefficient (Wildman–Crippen LogP) is 4.05. The highest BCUT2D eigenvalue weighted by Gasteiger charge is 2.50. The number of fused-ring (bicyclic) bond motifs is 1. The van der Waals surface area contributed by atoms with Crippen molar-refractivity contribution < 1.29 is 22.5 Å². The van der Waals surface area contributed by atoms with Crippen molar-refractivity contribution in [2.24, 2.45) is 0 Å². The van der Waals surface area contributed by atoms with Crippen LogP contribution in [0.15, 0.2) is 29.2 Å². The molecule has 1 aliphatic carbocycles. The van der Waals surface area contributed by atoms with Crippen LogP contribution in [-0.4, -0.2) is 55.9 Å². The van der Waals surface area contributed by atoms with Crippen molar-refractivity contribution in [3.63, 3.8) is 0 Å². The van der Waals surface area contributed by atoms with Crippen LogP contribution in [-0.2, 0) is 17.2 Å². The zero-order chi connectivity index (χ0) is 23.4. The molecule has 2 N–H and O–H groups in total. The van der Waals surface area contributed by atoms with Gasteiger partial charge in [0.05, 0.1) is 30.8 Å². The Hall–Kier alpha value is -1.91. The first-order valence-corrected chi connectivity index (χ1v) is 12.5. The minimum absolute atomic E-state index is 0.00785. The lowest BCUT2D eigenvalue weighted by Gasteiger charge is -2.42. The van der Waals surface area contributed by atoms with E-state index in [0.717, 1.165) is 12.0 Å². The van der Waals surface area contributed by atoms with Crippen LogP contribution in [0.3, 0.4) is 0 Å². The van der Waals surface area contributed by atoms with Gasteiger partial charge in [-0.2, -0.15) is 13.8 Å². The van der Waals surface area contributed by atoms with Gasteiger partial charge in [0, 0.05) is 17.5 Å². The second-order valence-electron chi connectivity index (χ2n) is 9.06. The summed E-state index contributed by atoms with van der Waals surface area (Å²) in [6, 6.07) is 7.09. The van der Waals surface area contributed by atoms with Gasteiger partial charge in [0.15, 0.2) is 0 Å². The van der Waals surface area contributed by atoms with Crippen molar-refractivity contribution in [3.8, 4) is 0 Å². The molecule has 3 atom stereocenters. The summed E-state index contributed by atoms with van der Waals surface area (Å²) in [6.07, 6.45) is 0.716. The lowest BCUT2D eigenvalue weighted by atomic mass is 9.77. The summed E-state index contributed by atoms with van der Waals surface area (Å²) in [4.78, 5) is 10.2. The first-order chi connectivity index (χ1) is 15.7. The number of hydrogen-bond donors (Lipinski definition) is 2. The molecule has 5 rings (SSSR count). The summed E-state index contributed by atoms with van der Waals surface area (Å²) in [7, 11) is -2.59. The Bertz CT molecular complexity index is 1080. The van der Waals surface area contributed by atoms with Crippen LogP contribution in [0.2, 0.25) is 5.02 Å². The predicted molar refractivity (Wildman–Crippen MR) is 120 cm³/mol. The van der Waals surface area contributed by atoms with E-state index in [-0.39, 0.29) is 41.4 Å². The number of rotatable bonds is 5. The topological polar surface area (TPSA) is 78.4 Å². The number of aromatic nitrogens is 2. The molecule has 178 valence electrons. The number of aliphatic hydroxyl groups excluding tert-OH is 1. The molecule has 11 heteroatoms. The Morgan fingerprint density at radius 1 is 1.24 bits per heavy atom. The number of piperidine rings is 1. The zero-order valence-electron chi connectivity index (χ0n) is 17.7. The molecular formula is C22H24ClF3N4O2S. The van der Waals surface area contributed by atoms with Crippen molar-refractivity contribution in [3.05, 3.63) is 40.5 Å². The molecule has 1 saturated carbocycles. The van der Waals surface area contributed by atoms with Crippen molar-refractivity contribution >= 4 is 34.2 Å². The van der Waals surface area contributed by atoms with E-state index in [1.807, 2.05) is 12.1 Å². The van der Waals surface area contributed by atoms with Crippen LogP contribution in [0.1, 0.15) is 42.9 Å². The van der Waals surface area contributed by atoms with Gasteiger partial charge in [-0.15, -0.1) is 0 Å². The maximum Gasteiger partial charge on any atom is 0.331 e. The fourth-order valence-electron chi connectivity index (χ4n) is 4.78. The fourth-order valence-corrected chi connectivity index (χ4v) is 6.08. The average molecular weight is 501 g/mol. The van der Waals surface area contributed by atoms with E-state index in [1.165, 1.54) is 0 Å². The molecule has 0 radical (unpaired) electrons. The highest BCUT2D eigenvalue weighted by molar-refractivity contribution is 7.86. The molecule has 1 saturated heterocycles. The van der Waals surface area contributed by atoms with Crippen LogP contribution in [0.4, 0.5) is 24.9 Å². The molecule has 1 aromatic heterocycles. The number of nitrogens with one attached hydrogen (secondary N) is 1. The molecule has 1 aromatic carbocycles. The van der Waals surface area contributed by atoms with E-state index in [0.29, 0.717) is 30.8 Å². The van der Waals surface area contributed by atoms with Crippen LogP contribution in [0, 0.1) is 0 Å². The number of halogens is 4. The maximum absolute atomic E-state index is 15.2. The molecule has 0 spiro atoms. The molecular weight excluding hydrogens is 477 g/mol. The summed E-state index contributed by atoms with van der Waals surface area (Å²) >= 11 is 5.94. The third-order valence-electron chi connectivity index (χ3n) is 6.87. The van der Waals surface area contributed by atoms with E-state index < -0.39 is 34.2 Å². The van der Waals surface area contributed by atoms with Crippen molar-refractivity contribution in [1.29, 1.82) is 0 Å². The first-order valence-electron chi connectivity index (χ1n) is 11.0. The van der Waals surface area contributed by atoms with Gasteiger partial charge in [0.25, 0.3) is 0 Å². The van der Waals surface area contributed by atoms with Crippen LogP contribution in [0.25, 0.3) is 0 Å². The number of hydrogen-bond acceptors (Lipinski definition) is 6. The van der Waals surface area contributed by atoms with Gasteiger partial charge in [-0.25, -0.2) is 13.6 Å². The second kappa shape index (κ2) is 8.39. The van der Waals surface area contributed by atoms with Crippen LogP contribution >= 0.6 is 11.6 Å². The number of benzene rings is 1. The summed E-state index contributed by atoms with van der Waals surface area (Å²) in [6.45, 7) is 0.260. The Kier molecular flexibility index (Phi) is 5.81. The van der Waals surface area contributed by atoms with Crippen molar-refractivity contribution in [2.45, 2.75) is 59.9 Å². The maximum atomic E-state index is 15.2. The quantitative estimate of drug-likeness (QED) is 0.645. The first kappa shape index (κ1) is 22.9. The lowest BCUT2D eigenvalue weighted by Crippen LogP contribution is -2.49. The normalized spacial score (nSPS) is 27.7. The Balaban J connectivity index is 1.44. The van der Waals surface area contributed by atoms with Crippen LogP contribution < -0.4 is 10.2 Å². The van der Waals surface area contributed by atoms with E-state index in [4.69, 9.17) is 11.6 Å². The molecule has 3 heterocycles. The standard InChI is InChI=1S/C22H24ClF3N4O2S/c23-14-4-2-13(3-5-14)15-6-9-30(11-16(15)24)20-27-17-10-22(25,26)33(32)18(17)19(28-20)29-21(12-31)7-1-8-21/h2-5,15-16,31H,1,6-12H2,(H,27,28,29). The second-order valence-corrected chi connectivity index (χ2v) is 11.0. The molecule has 33 heavy (non-hydrogen) atoms. The summed E-state index contributed by atoms with van der Waals surface area (Å²) < 4.78 is 56.2. The monoisotopic (exact) mass is 500 g/mol. The van der Waals surface area contributed by atoms with Crippen molar-refractivity contribution in [2.75, 3.05) is 29.9 Å². The number of anilines is 2. The highest BCUT2D eigenvalue weighted by atomic mass is 35.5. The average Bonchev–Trinajstić information content (AvgIpc) is 2.99. The van der Waals surface area contributed by atoms with Gasteiger partial charge in [0.1, 0.15) is 27.7 Å². The molecule has 0 bridgehead atoms. The Morgan fingerprint density at radius 2 is 1.97 bits per heavy atom. The van der Waals surface area contributed by atoms with Gasteiger partial charge >= 0.3 is 5.25 Å². The smallest absolute Gasteiger partial charge is 0.331 e.